The van der Waals surface area contributed by atoms with Gasteiger partial charge in [0.25, 0.3) is 6.43 Å². The minimum absolute atomic E-state index is 0.255. The Bertz CT molecular complexity index is 511. The second-order valence-electron chi connectivity index (χ2n) is 5.26. The molecular weight excluding hydrogens is 344 g/mol. The SMILES string of the molecule is CC(C=O)N(c1nc(Br)ccc1N(C)CC(F)F)C1CC1. The molecule has 1 aromatic heterocycles. The van der Waals surface area contributed by atoms with Gasteiger partial charge in [-0.15, -0.1) is 0 Å². The van der Waals surface area contributed by atoms with Gasteiger partial charge in [-0.05, 0) is 47.8 Å². The zero-order chi connectivity index (χ0) is 15.6. The summed E-state index contributed by atoms with van der Waals surface area (Å²) in [6.07, 6.45) is 0.413. The van der Waals surface area contributed by atoms with Crippen molar-refractivity contribution >= 4 is 33.7 Å². The van der Waals surface area contributed by atoms with E-state index in [1.165, 1.54) is 4.90 Å². The van der Waals surface area contributed by atoms with Crippen LogP contribution in [0.25, 0.3) is 0 Å². The summed E-state index contributed by atoms with van der Waals surface area (Å²) >= 11 is 3.31. The first-order valence-corrected chi connectivity index (χ1v) is 7.62. The number of carbonyl (C=O) groups excluding carboxylic acids is 1. The molecule has 0 N–H and O–H groups in total. The van der Waals surface area contributed by atoms with Crippen LogP contribution in [0.4, 0.5) is 20.3 Å². The van der Waals surface area contributed by atoms with Crippen molar-refractivity contribution in [1.29, 1.82) is 0 Å². The number of aromatic nitrogens is 1. The van der Waals surface area contributed by atoms with Gasteiger partial charge in [0, 0.05) is 13.1 Å². The Morgan fingerprint density at radius 3 is 2.67 bits per heavy atom. The summed E-state index contributed by atoms with van der Waals surface area (Å²) in [4.78, 5) is 19.0. The maximum Gasteiger partial charge on any atom is 0.255 e. The van der Waals surface area contributed by atoms with Crippen LogP contribution in [0.5, 0.6) is 0 Å². The Labute approximate surface area is 131 Å². The van der Waals surface area contributed by atoms with Crippen molar-refractivity contribution < 1.29 is 13.6 Å². The average Bonchev–Trinajstić information content (AvgIpc) is 3.22. The molecule has 1 aliphatic rings. The number of rotatable bonds is 7. The average molecular weight is 362 g/mol. The molecule has 1 heterocycles. The molecule has 1 aliphatic carbocycles. The van der Waals surface area contributed by atoms with E-state index in [1.807, 2.05) is 4.90 Å². The van der Waals surface area contributed by atoms with Gasteiger partial charge in [0.1, 0.15) is 10.9 Å². The smallest absolute Gasteiger partial charge is 0.255 e. The van der Waals surface area contributed by atoms with E-state index in [-0.39, 0.29) is 18.6 Å². The molecule has 7 heteroatoms. The quantitative estimate of drug-likeness (QED) is 0.552. The van der Waals surface area contributed by atoms with Gasteiger partial charge in [-0.2, -0.15) is 0 Å². The monoisotopic (exact) mass is 361 g/mol. The molecule has 4 nitrogen and oxygen atoms in total. The van der Waals surface area contributed by atoms with Crippen LogP contribution >= 0.6 is 15.9 Å². The molecule has 2 rings (SSSR count). The third kappa shape index (κ3) is 3.90. The molecule has 0 saturated heterocycles. The maximum atomic E-state index is 12.6. The predicted molar refractivity (Wildman–Crippen MR) is 82.2 cm³/mol. The van der Waals surface area contributed by atoms with Crippen LogP contribution in [0.2, 0.25) is 0 Å². The molecule has 1 atom stereocenters. The second-order valence-corrected chi connectivity index (χ2v) is 6.08. The number of aldehydes is 1. The first-order chi connectivity index (χ1) is 9.93. The van der Waals surface area contributed by atoms with E-state index in [0.29, 0.717) is 16.1 Å². The number of hydrogen-bond donors (Lipinski definition) is 0. The van der Waals surface area contributed by atoms with Crippen LogP contribution in [0.3, 0.4) is 0 Å². The Morgan fingerprint density at radius 1 is 1.48 bits per heavy atom. The minimum atomic E-state index is -2.43. The van der Waals surface area contributed by atoms with Gasteiger partial charge in [-0.3, -0.25) is 0 Å². The lowest BCUT2D eigenvalue weighted by molar-refractivity contribution is -0.108. The fourth-order valence-electron chi connectivity index (χ4n) is 2.33. The summed E-state index contributed by atoms with van der Waals surface area (Å²) in [5.41, 5.74) is 0.610. The molecule has 0 amide bonds. The Kier molecular flexibility index (Phi) is 5.13. The van der Waals surface area contributed by atoms with Crippen molar-refractivity contribution in [3.63, 3.8) is 0 Å². The highest BCUT2D eigenvalue weighted by molar-refractivity contribution is 9.10. The van der Waals surface area contributed by atoms with E-state index in [4.69, 9.17) is 0 Å². The molecule has 1 aromatic rings. The van der Waals surface area contributed by atoms with Crippen LogP contribution < -0.4 is 9.80 Å². The van der Waals surface area contributed by atoms with Crippen LogP contribution in [0.15, 0.2) is 16.7 Å². The summed E-state index contributed by atoms with van der Waals surface area (Å²) in [6.45, 7) is 1.43. The van der Waals surface area contributed by atoms with Crippen molar-refractivity contribution in [2.24, 2.45) is 0 Å². The first-order valence-electron chi connectivity index (χ1n) is 6.83. The van der Waals surface area contributed by atoms with Gasteiger partial charge in [0.15, 0.2) is 5.82 Å². The highest BCUT2D eigenvalue weighted by Crippen LogP contribution is 2.38. The first kappa shape index (κ1) is 16.1. The van der Waals surface area contributed by atoms with E-state index in [0.717, 1.165) is 19.1 Å². The number of carbonyl (C=O) groups is 1. The molecular formula is C14H18BrF2N3O. The van der Waals surface area contributed by atoms with E-state index in [1.54, 1.807) is 26.1 Å². The van der Waals surface area contributed by atoms with Crippen LogP contribution in [-0.2, 0) is 4.79 Å². The minimum Gasteiger partial charge on any atom is -0.366 e. The van der Waals surface area contributed by atoms with Crippen molar-refractivity contribution in [1.82, 2.24) is 4.98 Å². The largest absolute Gasteiger partial charge is 0.366 e. The van der Waals surface area contributed by atoms with Gasteiger partial charge >= 0.3 is 0 Å². The lowest BCUT2D eigenvalue weighted by atomic mass is 10.2. The molecule has 0 aliphatic heterocycles. The fraction of sp³-hybridized carbons (Fsp3) is 0.571. The maximum absolute atomic E-state index is 12.6. The molecule has 0 radical (unpaired) electrons. The van der Waals surface area contributed by atoms with Crippen LogP contribution in [-0.4, -0.2) is 43.4 Å². The van der Waals surface area contributed by atoms with Crippen molar-refractivity contribution in [2.45, 2.75) is 38.3 Å². The number of pyridine rings is 1. The molecule has 1 unspecified atom stereocenters. The number of hydrogen-bond acceptors (Lipinski definition) is 4. The van der Waals surface area contributed by atoms with Crippen molar-refractivity contribution in [2.75, 3.05) is 23.4 Å². The van der Waals surface area contributed by atoms with E-state index in [2.05, 4.69) is 20.9 Å². The van der Waals surface area contributed by atoms with Gasteiger partial charge in [0.05, 0.1) is 18.3 Å². The summed E-state index contributed by atoms with van der Waals surface area (Å²) in [7, 11) is 1.61. The Hall–Kier alpha value is -1.24. The Morgan fingerprint density at radius 2 is 2.14 bits per heavy atom. The van der Waals surface area contributed by atoms with E-state index < -0.39 is 6.43 Å². The standard InChI is InChI=1S/C14H18BrF2N3O/c1-9(8-21)20(10-3-4-10)14-11(5-6-12(15)18-14)19(2)7-13(16)17/h5-6,8-10,13H,3-4,7H2,1-2H3. The highest BCUT2D eigenvalue weighted by atomic mass is 79.9. The zero-order valence-electron chi connectivity index (χ0n) is 12.0. The van der Waals surface area contributed by atoms with E-state index >= 15 is 0 Å². The third-order valence-electron chi connectivity index (χ3n) is 3.46. The fourth-order valence-corrected chi connectivity index (χ4v) is 2.63. The second kappa shape index (κ2) is 6.68. The normalized spacial score (nSPS) is 15.9. The number of halogens is 3. The van der Waals surface area contributed by atoms with E-state index in [9.17, 15) is 13.6 Å². The summed E-state index contributed by atoms with van der Waals surface area (Å²) < 4.78 is 25.9. The zero-order valence-corrected chi connectivity index (χ0v) is 13.6. The third-order valence-corrected chi connectivity index (χ3v) is 3.91. The van der Waals surface area contributed by atoms with Gasteiger partial charge in [0.2, 0.25) is 0 Å². The van der Waals surface area contributed by atoms with Gasteiger partial charge in [-0.1, -0.05) is 0 Å². The summed E-state index contributed by atoms with van der Waals surface area (Å²) in [5, 5.41) is 0. The van der Waals surface area contributed by atoms with Gasteiger partial charge < -0.3 is 14.6 Å². The Balaban J connectivity index is 2.39. The summed E-state index contributed by atoms with van der Waals surface area (Å²) in [6, 6.07) is 3.39. The number of alkyl halides is 2. The van der Waals surface area contributed by atoms with Gasteiger partial charge in [-0.25, -0.2) is 13.8 Å². The summed E-state index contributed by atoms with van der Waals surface area (Å²) in [5.74, 6) is 0.578. The molecule has 116 valence electrons. The molecule has 1 saturated carbocycles. The number of anilines is 2. The van der Waals surface area contributed by atoms with Crippen molar-refractivity contribution in [3.8, 4) is 0 Å². The van der Waals surface area contributed by atoms with Crippen molar-refractivity contribution in [3.05, 3.63) is 16.7 Å². The molecule has 21 heavy (non-hydrogen) atoms. The lowest BCUT2D eigenvalue weighted by Crippen LogP contribution is -2.38. The molecule has 0 aromatic carbocycles. The van der Waals surface area contributed by atoms with Crippen LogP contribution in [0.1, 0.15) is 19.8 Å². The predicted octanol–water partition coefficient (Wildman–Crippen LogP) is 3.10. The molecule has 0 bridgehead atoms. The number of nitrogens with zero attached hydrogens (tertiary/aromatic N) is 3. The molecule has 1 fully saturated rings. The topological polar surface area (TPSA) is 36.4 Å². The highest BCUT2D eigenvalue weighted by Gasteiger charge is 2.35. The van der Waals surface area contributed by atoms with Crippen LogP contribution in [0, 0.1) is 0 Å². The molecule has 0 spiro atoms. The lowest BCUT2D eigenvalue weighted by Gasteiger charge is -2.31.